The molecule has 4 heteroatoms. The quantitative estimate of drug-likeness (QED) is 0.780. The number of aliphatic carboxylic acids is 1. The van der Waals surface area contributed by atoms with E-state index in [-0.39, 0.29) is 0 Å². The minimum Gasteiger partial charge on any atom is -0.481 e. The van der Waals surface area contributed by atoms with Gasteiger partial charge in [-0.2, -0.15) is 11.8 Å². The summed E-state index contributed by atoms with van der Waals surface area (Å²) in [5.74, 6) is 0.524. The third kappa shape index (κ3) is 3.11. The third-order valence-corrected chi connectivity index (χ3v) is 4.58. The fourth-order valence-corrected chi connectivity index (χ4v) is 3.56. The molecule has 2 atom stereocenters. The maximum atomic E-state index is 10.6. The van der Waals surface area contributed by atoms with E-state index in [4.69, 9.17) is 5.11 Å². The van der Waals surface area contributed by atoms with E-state index in [0.29, 0.717) is 18.5 Å². The summed E-state index contributed by atoms with van der Waals surface area (Å²) in [4.78, 5) is 13.0. The Bertz CT molecular complexity index is 243. The minimum atomic E-state index is -0.667. The number of rotatable bonds is 5. The molecule has 1 N–H and O–H groups in total. The van der Waals surface area contributed by atoms with Crippen LogP contribution in [0.3, 0.4) is 0 Å². The lowest BCUT2D eigenvalue weighted by Crippen LogP contribution is -2.38. The third-order valence-electron chi connectivity index (χ3n) is 3.25. The van der Waals surface area contributed by atoms with Crippen LogP contribution in [-0.4, -0.2) is 45.6 Å². The Morgan fingerprint density at radius 3 is 2.67 bits per heavy atom. The Kier molecular flexibility index (Phi) is 3.57. The van der Waals surface area contributed by atoms with Crippen LogP contribution < -0.4 is 0 Å². The SMILES string of the molecule is CC1CC(N(CCC(=O)O)C2CC2)CS1. The summed E-state index contributed by atoms with van der Waals surface area (Å²) in [6.07, 6.45) is 4.08. The van der Waals surface area contributed by atoms with E-state index in [9.17, 15) is 4.79 Å². The van der Waals surface area contributed by atoms with E-state index in [1.165, 1.54) is 25.0 Å². The molecule has 0 aromatic heterocycles. The Balaban J connectivity index is 1.85. The van der Waals surface area contributed by atoms with Gasteiger partial charge in [-0.1, -0.05) is 6.92 Å². The first-order valence-electron chi connectivity index (χ1n) is 5.76. The van der Waals surface area contributed by atoms with Crippen LogP contribution >= 0.6 is 11.8 Å². The van der Waals surface area contributed by atoms with Gasteiger partial charge in [0, 0.05) is 29.6 Å². The van der Waals surface area contributed by atoms with Crippen LogP contribution in [0.4, 0.5) is 0 Å². The Labute approximate surface area is 95.2 Å². The molecule has 3 nitrogen and oxygen atoms in total. The monoisotopic (exact) mass is 229 g/mol. The normalized spacial score (nSPS) is 31.1. The highest BCUT2D eigenvalue weighted by molar-refractivity contribution is 8.00. The molecule has 1 heterocycles. The van der Waals surface area contributed by atoms with Crippen molar-refractivity contribution >= 4 is 17.7 Å². The van der Waals surface area contributed by atoms with E-state index < -0.39 is 5.97 Å². The average Bonchev–Trinajstić information content (AvgIpc) is 2.90. The first kappa shape index (κ1) is 11.3. The highest BCUT2D eigenvalue weighted by Crippen LogP contribution is 2.36. The van der Waals surface area contributed by atoms with E-state index in [1.54, 1.807) is 0 Å². The fourth-order valence-electron chi connectivity index (χ4n) is 2.32. The van der Waals surface area contributed by atoms with Gasteiger partial charge in [-0.15, -0.1) is 0 Å². The van der Waals surface area contributed by atoms with E-state index >= 15 is 0 Å². The summed E-state index contributed by atoms with van der Waals surface area (Å²) in [6.45, 7) is 3.02. The van der Waals surface area contributed by atoms with Crippen LogP contribution in [0.1, 0.15) is 32.6 Å². The summed E-state index contributed by atoms with van der Waals surface area (Å²) < 4.78 is 0. The second kappa shape index (κ2) is 4.74. The first-order chi connectivity index (χ1) is 7.16. The number of hydrogen-bond acceptors (Lipinski definition) is 3. The molecule has 2 aliphatic rings. The van der Waals surface area contributed by atoms with Crippen molar-refractivity contribution < 1.29 is 9.90 Å². The van der Waals surface area contributed by atoms with Crippen molar-refractivity contribution in [3.8, 4) is 0 Å². The summed E-state index contributed by atoms with van der Waals surface area (Å²) in [6, 6.07) is 1.33. The first-order valence-corrected chi connectivity index (χ1v) is 6.81. The van der Waals surface area contributed by atoms with Crippen LogP contribution in [0.25, 0.3) is 0 Å². The molecule has 2 fully saturated rings. The number of carboxylic acids is 1. The number of carboxylic acid groups (broad SMARTS) is 1. The Morgan fingerprint density at radius 2 is 2.20 bits per heavy atom. The lowest BCUT2D eigenvalue weighted by atomic mass is 10.1. The van der Waals surface area contributed by atoms with E-state index in [2.05, 4.69) is 11.8 Å². The second-order valence-corrected chi connectivity index (χ2v) is 6.12. The van der Waals surface area contributed by atoms with Crippen molar-refractivity contribution in [1.82, 2.24) is 4.90 Å². The molecular formula is C11H19NO2S. The molecule has 0 bridgehead atoms. The van der Waals surface area contributed by atoms with Crippen LogP contribution in [0.5, 0.6) is 0 Å². The zero-order valence-electron chi connectivity index (χ0n) is 9.19. The topological polar surface area (TPSA) is 40.5 Å². The van der Waals surface area contributed by atoms with E-state index in [0.717, 1.165) is 11.8 Å². The molecule has 0 amide bonds. The van der Waals surface area contributed by atoms with Gasteiger partial charge in [0.25, 0.3) is 0 Å². The maximum absolute atomic E-state index is 10.6. The van der Waals surface area contributed by atoms with Gasteiger partial charge in [-0.3, -0.25) is 9.69 Å². The highest BCUT2D eigenvalue weighted by atomic mass is 32.2. The lowest BCUT2D eigenvalue weighted by molar-refractivity contribution is -0.137. The molecular weight excluding hydrogens is 210 g/mol. The van der Waals surface area contributed by atoms with Crippen molar-refractivity contribution in [1.29, 1.82) is 0 Å². The largest absolute Gasteiger partial charge is 0.481 e. The van der Waals surface area contributed by atoms with Gasteiger partial charge in [0.15, 0.2) is 0 Å². The Morgan fingerprint density at radius 1 is 1.47 bits per heavy atom. The second-order valence-electron chi connectivity index (χ2n) is 4.65. The van der Waals surface area contributed by atoms with Gasteiger partial charge in [0.05, 0.1) is 6.42 Å². The molecule has 0 aromatic carbocycles. The van der Waals surface area contributed by atoms with Crippen LogP contribution in [0.15, 0.2) is 0 Å². The predicted molar refractivity (Wildman–Crippen MR) is 62.3 cm³/mol. The van der Waals surface area contributed by atoms with Crippen molar-refractivity contribution in [3.05, 3.63) is 0 Å². The molecule has 1 aliphatic carbocycles. The molecule has 86 valence electrons. The van der Waals surface area contributed by atoms with Crippen molar-refractivity contribution in [2.45, 2.75) is 49.9 Å². The van der Waals surface area contributed by atoms with Crippen LogP contribution in [0, 0.1) is 0 Å². The lowest BCUT2D eigenvalue weighted by Gasteiger charge is -2.27. The van der Waals surface area contributed by atoms with Gasteiger partial charge in [-0.05, 0) is 19.3 Å². The number of nitrogens with zero attached hydrogens (tertiary/aromatic N) is 1. The summed E-state index contributed by atoms with van der Waals surface area (Å²) >= 11 is 2.02. The van der Waals surface area contributed by atoms with Gasteiger partial charge in [0.1, 0.15) is 0 Å². The molecule has 15 heavy (non-hydrogen) atoms. The maximum Gasteiger partial charge on any atom is 0.304 e. The molecule has 0 aromatic rings. The zero-order valence-corrected chi connectivity index (χ0v) is 10.0. The average molecular weight is 229 g/mol. The summed E-state index contributed by atoms with van der Waals surface area (Å²) in [5, 5.41) is 9.48. The van der Waals surface area contributed by atoms with Crippen LogP contribution in [0.2, 0.25) is 0 Å². The fraction of sp³-hybridized carbons (Fsp3) is 0.909. The standard InChI is InChI=1S/C11H19NO2S/c1-8-6-10(7-15-8)12(9-2-3-9)5-4-11(13)14/h8-10H,2-7H2,1H3,(H,13,14). The van der Waals surface area contributed by atoms with Crippen molar-refractivity contribution in [3.63, 3.8) is 0 Å². The van der Waals surface area contributed by atoms with Gasteiger partial charge < -0.3 is 5.11 Å². The van der Waals surface area contributed by atoms with Gasteiger partial charge >= 0.3 is 5.97 Å². The smallest absolute Gasteiger partial charge is 0.304 e. The minimum absolute atomic E-state index is 0.298. The summed E-state index contributed by atoms with van der Waals surface area (Å²) in [5.41, 5.74) is 0. The highest BCUT2D eigenvalue weighted by Gasteiger charge is 2.36. The van der Waals surface area contributed by atoms with Gasteiger partial charge in [0.2, 0.25) is 0 Å². The predicted octanol–water partition coefficient (Wildman–Crippen LogP) is 1.82. The van der Waals surface area contributed by atoms with Crippen LogP contribution in [-0.2, 0) is 4.79 Å². The molecule has 0 radical (unpaired) electrons. The number of thioether (sulfide) groups is 1. The van der Waals surface area contributed by atoms with Crippen molar-refractivity contribution in [2.24, 2.45) is 0 Å². The van der Waals surface area contributed by atoms with E-state index in [1.807, 2.05) is 11.8 Å². The molecule has 1 saturated carbocycles. The molecule has 1 aliphatic heterocycles. The van der Waals surface area contributed by atoms with Crippen molar-refractivity contribution in [2.75, 3.05) is 12.3 Å². The molecule has 0 spiro atoms. The molecule has 2 unspecified atom stereocenters. The number of hydrogen-bond donors (Lipinski definition) is 1. The summed E-state index contributed by atoms with van der Waals surface area (Å²) in [7, 11) is 0. The Hall–Kier alpha value is -0.220. The van der Waals surface area contributed by atoms with Gasteiger partial charge in [-0.25, -0.2) is 0 Å². The molecule has 1 saturated heterocycles. The number of carbonyl (C=O) groups is 1. The zero-order chi connectivity index (χ0) is 10.8. The molecule has 2 rings (SSSR count).